The lowest BCUT2D eigenvalue weighted by Crippen LogP contribution is -3.00. The van der Waals surface area contributed by atoms with Crippen molar-refractivity contribution >= 4 is 0 Å². The van der Waals surface area contributed by atoms with Crippen LogP contribution >= 0.6 is 0 Å². The highest BCUT2D eigenvalue weighted by molar-refractivity contribution is 5.24. The Bertz CT molecular complexity index is 714. The molecule has 0 bridgehead atoms. The molecule has 3 nitrogen and oxygen atoms in total. The fourth-order valence-electron chi connectivity index (χ4n) is 4.37. The van der Waals surface area contributed by atoms with E-state index in [4.69, 9.17) is 9.47 Å². The quantitative estimate of drug-likeness (QED) is 0.347. The molecule has 2 aromatic carbocycles. The van der Waals surface area contributed by atoms with Crippen LogP contribution in [0.15, 0.2) is 54.6 Å². The number of para-hydroxylation sites is 1. The lowest BCUT2D eigenvalue weighted by Gasteiger charge is -2.40. The third kappa shape index (κ3) is 10.1. The predicted molar refractivity (Wildman–Crippen MR) is 127 cm³/mol. The van der Waals surface area contributed by atoms with Gasteiger partial charge in [0, 0.05) is 17.9 Å². The summed E-state index contributed by atoms with van der Waals surface area (Å²) in [5.74, 6) is 2.24. The highest BCUT2D eigenvalue weighted by Crippen LogP contribution is 2.30. The highest BCUT2D eigenvalue weighted by atomic mass is 35.5. The smallest absolute Gasteiger partial charge is 0.119 e. The largest absolute Gasteiger partial charge is 1.00 e. The molecule has 1 unspecified atom stereocenters. The van der Waals surface area contributed by atoms with Gasteiger partial charge in [0.05, 0.1) is 33.9 Å². The first-order chi connectivity index (χ1) is 14.3. The van der Waals surface area contributed by atoms with E-state index >= 15 is 0 Å². The van der Waals surface area contributed by atoms with Crippen LogP contribution in [0.4, 0.5) is 0 Å². The van der Waals surface area contributed by atoms with Crippen LogP contribution in [0.25, 0.3) is 0 Å². The molecule has 174 valence electrons. The second-order valence-electron chi connectivity index (χ2n) is 9.77. The van der Waals surface area contributed by atoms with Gasteiger partial charge in [0.25, 0.3) is 0 Å². The molecule has 0 radical (unpaired) electrons. The van der Waals surface area contributed by atoms with Crippen LogP contribution in [0.1, 0.15) is 51.3 Å². The molecule has 4 heteroatoms. The fourth-order valence-corrected chi connectivity index (χ4v) is 4.37. The zero-order valence-electron chi connectivity index (χ0n) is 20.3. The molecular formula is C27H42ClNO2. The Balaban J connectivity index is 0.00000480. The summed E-state index contributed by atoms with van der Waals surface area (Å²) in [6.07, 6.45) is 2.15. The molecule has 0 aromatic heterocycles. The van der Waals surface area contributed by atoms with Crippen molar-refractivity contribution in [3.8, 4) is 5.75 Å². The summed E-state index contributed by atoms with van der Waals surface area (Å²) in [5, 5.41) is 0. The van der Waals surface area contributed by atoms with Gasteiger partial charge in [-0.1, -0.05) is 70.2 Å². The number of ether oxygens (including phenoxy) is 2. The Morgan fingerprint density at radius 1 is 0.774 bits per heavy atom. The molecule has 0 aliphatic heterocycles. The van der Waals surface area contributed by atoms with Gasteiger partial charge in [-0.25, -0.2) is 0 Å². The van der Waals surface area contributed by atoms with Crippen LogP contribution in [0.2, 0.25) is 0 Å². The Morgan fingerprint density at radius 3 is 2.00 bits per heavy atom. The van der Waals surface area contributed by atoms with Crippen LogP contribution in [-0.2, 0) is 11.2 Å². The molecule has 0 heterocycles. The summed E-state index contributed by atoms with van der Waals surface area (Å²) in [4.78, 5) is 0. The number of hydrogen-bond donors (Lipinski definition) is 0. The number of quaternary nitrogens is 1. The van der Waals surface area contributed by atoms with Crippen LogP contribution in [0, 0.1) is 11.8 Å². The van der Waals surface area contributed by atoms with Gasteiger partial charge in [0.15, 0.2) is 0 Å². The van der Waals surface area contributed by atoms with Gasteiger partial charge in [-0.2, -0.15) is 0 Å². The van der Waals surface area contributed by atoms with Crippen LogP contribution in [-0.4, -0.2) is 44.9 Å². The van der Waals surface area contributed by atoms with Gasteiger partial charge in [-0.15, -0.1) is 0 Å². The molecule has 1 atom stereocenters. The molecule has 0 saturated heterocycles. The van der Waals surface area contributed by atoms with Gasteiger partial charge in [0.2, 0.25) is 0 Å². The zero-order chi connectivity index (χ0) is 22.0. The third-order valence-corrected chi connectivity index (χ3v) is 5.46. The maximum atomic E-state index is 5.95. The standard InChI is InChI=1S/C27H42NO2.ClH/c1-22(2)20-24-12-14-25(15-13-24)27(28(5,6)21-23(3)4)16-17-29-18-19-30-26-10-8-7-9-11-26;/h7-15,22-23,27H,16-21H2,1-6H3;1H/q+1;/p-1. The number of halogens is 1. The molecule has 0 amide bonds. The molecule has 2 aromatic rings. The second-order valence-corrected chi connectivity index (χ2v) is 9.77. The van der Waals surface area contributed by atoms with Gasteiger partial charge in [-0.3, -0.25) is 0 Å². The second kappa shape index (κ2) is 13.8. The first kappa shape index (κ1) is 27.5. The molecule has 31 heavy (non-hydrogen) atoms. The minimum absolute atomic E-state index is 0. The van der Waals surface area contributed by atoms with E-state index in [0.29, 0.717) is 31.1 Å². The van der Waals surface area contributed by atoms with Crippen molar-refractivity contribution in [3.05, 3.63) is 65.7 Å². The molecule has 0 N–H and O–H groups in total. The minimum atomic E-state index is 0. The predicted octanol–water partition coefficient (Wildman–Crippen LogP) is 3.15. The third-order valence-electron chi connectivity index (χ3n) is 5.46. The molecule has 0 spiro atoms. The average molecular weight is 448 g/mol. The number of rotatable bonds is 13. The van der Waals surface area contributed by atoms with Crippen molar-refractivity contribution in [2.45, 2.75) is 46.6 Å². The zero-order valence-corrected chi connectivity index (χ0v) is 21.1. The summed E-state index contributed by atoms with van der Waals surface area (Å²) in [7, 11) is 4.70. The van der Waals surface area contributed by atoms with E-state index in [9.17, 15) is 0 Å². The van der Waals surface area contributed by atoms with E-state index in [1.807, 2.05) is 30.3 Å². The normalized spacial score (nSPS) is 12.6. The fraction of sp³-hybridized carbons (Fsp3) is 0.556. The first-order valence-electron chi connectivity index (χ1n) is 11.4. The lowest BCUT2D eigenvalue weighted by molar-refractivity contribution is -0.924. The van der Waals surface area contributed by atoms with Gasteiger partial charge >= 0.3 is 0 Å². The van der Waals surface area contributed by atoms with Gasteiger partial charge < -0.3 is 26.4 Å². The SMILES string of the molecule is CC(C)Cc1ccc(C(CCOCCOc2ccccc2)[N+](C)(C)CC(C)C)cc1.[Cl-]. The van der Waals surface area contributed by atoms with Crippen molar-refractivity contribution < 1.29 is 26.4 Å². The summed E-state index contributed by atoms with van der Waals surface area (Å²) in [6, 6.07) is 19.6. The highest BCUT2D eigenvalue weighted by Gasteiger charge is 2.30. The summed E-state index contributed by atoms with van der Waals surface area (Å²) < 4.78 is 12.7. The Hall–Kier alpha value is -1.55. The molecular weight excluding hydrogens is 406 g/mol. The summed E-state index contributed by atoms with van der Waals surface area (Å²) >= 11 is 0. The number of hydrogen-bond acceptors (Lipinski definition) is 2. The van der Waals surface area contributed by atoms with Gasteiger partial charge in [0.1, 0.15) is 18.4 Å². The van der Waals surface area contributed by atoms with Crippen LogP contribution in [0.5, 0.6) is 5.75 Å². The Kier molecular flexibility index (Phi) is 12.2. The molecule has 0 aliphatic carbocycles. The number of benzene rings is 2. The van der Waals surface area contributed by atoms with Gasteiger partial charge in [-0.05, 0) is 30.0 Å². The van der Waals surface area contributed by atoms with Crippen molar-refractivity contribution in [3.63, 3.8) is 0 Å². The van der Waals surface area contributed by atoms with Crippen molar-refractivity contribution in [1.82, 2.24) is 0 Å². The number of nitrogens with zero attached hydrogens (tertiary/aromatic N) is 1. The average Bonchev–Trinajstić information content (AvgIpc) is 2.67. The maximum Gasteiger partial charge on any atom is 0.119 e. The monoisotopic (exact) mass is 447 g/mol. The Labute approximate surface area is 196 Å². The van der Waals surface area contributed by atoms with Crippen molar-refractivity contribution in [2.75, 3.05) is 40.5 Å². The minimum Gasteiger partial charge on any atom is -1.00 e. The topological polar surface area (TPSA) is 18.5 Å². The maximum absolute atomic E-state index is 5.95. The molecule has 0 fully saturated rings. The molecule has 0 saturated carbocycles. The van der Waals surface area contributed by atoms with E-state index in [1.165, 1.54) is 11.1 Å². The summed E-state index contributed by atoms with van der Waals surface area (Å²) in [5.41, 5.74) is 2.84. The van der Waals surface area contributed by atoms with Crippen LogP contribution in [0.3, 0.4) is 0 Å². The lowest BCUT2D eigenvalue weighted by atomic mass is 9.96. The summed E-state index contributed by atoms with van der Waals surface area (Å²) in [6.45, 7) is 12.3. The van der Waals surface area contributed by atoms with E-state index in [0.717, 1.165) is 36.2 Å². The van der Waals surface area contributed by atoms with E-state index in [2.05, 4.69) is 66.1 Å². The molecule has 2 rings (SSSR count). The van der Waals surface area contributed by atoms with E-state index in [1.54, 1.807) is 0 Å². The van der Waals surface area contributed by atoms with E-state index < -0.39 is 0 Å². The first-order valence-corrected chi connectivity index (χ1v) is 11.4. The van der Waals surface area contributed by atoms with E-state index in [-0.39, 0.29) is 12.4 Å². The molecule has 0 aliphatic rings. The van der Waals surface area contributed by atoms with Crippen molar-refractivity contribution in [2.24, 2.45) is 11.8 Å². The van der Waals surface area contributed by atoms with Crippen LogP contribution < -0.4 is 17.1 Å². The van der Waals surface area contributed by atoms with Crippen molar-refractivity contribution in [1.29, 1.82) is 0 Å². The Morgan fingerprint density at radius 2 is 1.42 bits per heavy atom.